The Balaban J connectivity index is 2.00. The van der Waals surface area contributed by atoms with Crippen molar-refractivity contribution in [2.75, 3.05) is 5.73 Å². The molecule has 0 saturated heterocycles. The molecule has 0 fully saturated rings. The summed E-state index contributed by atoms with van der Waals surface area (Å²) in [4.78, 5) is 7.10. The van der Waals surface area contributed by atoms with Crippen molar-refractivity contribution in [3.63, 3.8) is 0 Å². The Labute approximate surface area is 92.1 Å². The van der Waals surface area contributed by atoms with Crippen LogP contribution in [0.5, 0.6) is 0 Å². The minimum absolute atomic E-state index is 0.217. The van der Waals surface area contributed by atoms with E-state index in [1.54, 1.807) is 6.20 Å². The number of H-pyrrole nitrogens is 1. The summed E-state index contributed by atoms with van der Waals surface area (Å²) in [6.45, 7) is 0. The number of anilines is 1. The van der Waals surface area contributed by atoms with Gasteiger partial charge in [-0.3, -0.25) is 0 Å². The van der Waals surface area contributed by atoms with Gasteiger partial charge in [0.25, 0.3) is 6.01 Å². The fourth-order valence-corrected chi connectivity index (χ4v) is 1.87. The summed E-state index contributed by atoms with van der Waals surface area (Å²) in [5.41, 5.74) is 7.75. The van der Waals surface area contributed by atoms with Crippen LogP contribution in [0, 0.1) is 0 Å². The molecule has 0 unspecified atom stereocenters. The Kier molecular flexibility index (Phi) is 1.93. The van der Waals surface area contributed by atoms with Crippen LogP contribution in [-0.4, -0.2) is 9.97 Å². The van der Waals surface area contributed by atoms with E-state index in [9.17, 15) is 0 Å². The van der Waals surface area contributed by atoms with Crippen LogP contribution in [0.15, 0.2) is 41.1 Å². The molecule has 0 aliphatic heterocycles. The smallest absolute Gasteiger partial charge is 0.292 e. The van der Waals surface area contributed by atoms with E-state index in [2.05, 4.69) is 16.0 Å². The zero-order chi connectivity index (χ0) is 11.0. The van der Waals surface area contributed by atoms with E-state index in [4.69, 9.17) is 10.2 Å². The van der Waals surface area contributed by atoms with Crippen molar-refractivity contribution in [3.8, 4) is 0 Å². The first-order chi connectivity index (χ1) is 7.83. The van der Waals surface area contributed by atoms with E-state index < -0.39 is 0 Å². The number of oxazole rings is 1. The third kappa shape index (κ3) is 1.44. The second-order valence-corrected chi connectivity index (χ2v) is 3.70. The number of aromatic nitrogens is 2. The largest absolute Gasteiger partial charge is 0.429 e. The van der Waals surface area contributed by atoms with Crippen molar-refractivity contribution in [1.82, 2.24) is 9.97 Å². The number of hydrogen-bond acceptors (Lipinski definition) is 3. The van der Waals surface area contributed by atoms with Gasteiger partial charge in [0.2, 0.25) is 0 Å². The Morgan fingerprint density at radius 2 is 2.19 bits per heavy atom. The molecule has 0 bridgehead atoms. The molecule has 3 N–H and O–H groups in total. The van der Waals surface area contributed by atoms with E-state index in [1.807, 2.05) is 24.4 Å². The minimum atomic E-state index is 0.217. The summed E-state index contributed by atoms with van der Waals surface area (Å²) < 4.78 is 5.26. The maximum absolute atomic E-state index is 5.43. The Hall–Kier alpha value is -2.23. The van der Waals surface area contributed by atoms with Gasteiger partial charge < -0.3 is 15.1 Å². The standard InChI is InChI=1S/C12H11N3O/c13-12-15-7-9(16-12)5-8-6-14-11-4-2-1-3-10(8)11/h1-4,6-7,14H,5H2,(H2,13,15). The van der Waals surface area contributed by atoms with Gasteiger partial charge in [-0.15, -0.1) is 0 Å². The third-order valence-corrected chi connectivity index (χ3v) is 2.61. The molecule has 2 aromatic heterocycles. The molecule has 4 nitrogen and oxygen atoms in total. The molecule has 0 spiro atoms. The van der Waals surface area contributed by atoms with Crippen molar-refractivity contribution in [1.29, 1.82) is 0 Å². The molecule has 3 rings (SSSR count). The van der Waals surface area contributed by atoms with Gasteiger partial charge in [-0.1, -0.05) is 18.2 Å². The monoisotopic (exact) mass is 213 g/mol. The van der Waals surface area contributed by atoms with Gasteiger partial charge in [0.15, 0.2) is 0 Å². The van der Waals surface area contributed by atoms with Gasteiger partial charge in [-0.2, -0.15) is 0 Å². The molecule has 16 heavy (non-hydrogen) atoms. The number of aromatic amines is 1. The predicted octanol–water partition coefficient (Wildman–Crippen LogP) is 2.33. The SMILES string of the molecule is Nc1ncc(Cc2c[nH]c3ccccc23)o1. The molecule has 80 valence electrons. The highest BCUT2D eigenvalue weighted by Gasteiger charge is 2.06. The molecule has 0 atom stereocenters. The van der Waals surface area contributed by atoms with E-state index in [1.165, 1.54) is 10.9 Å². The lowest BCUT2D eigenvalue weighted by molar-refractivity contribution is 0.535. The summed E-state index contributed by atoms with van der Waals surface area (Å²) in [6.07, 6.45) is 4.36. The molecule has 0 saturated carbocycles. The summed E-state index contributed by atoms with van der Waals surface area (Å²) in [6, 6.07) is 8.38. The first-order valence-electron chi connectivity index (χ1n) is 5.08. The first-order valence-corrected chi connectivity index (χ1v) is 5.08. The average molecular weight is 213 g/mol. The van der Waals surface area contributed by atoms with Gasteiger partial charge in [0.1, 0.15) is 5.76 Å². The molecule has 0 aliphatic rings. The molecular formula is C12H11N3O. The number of para-hydroxylation sites is 1. The van der Waals surface area contributed by atoms with Gasteiger partial charge in [-0.25, -0.2) is 4.98 Å². The van der Waals surface area contributed by atoms with Gasteiger partial charge in [0.05, 0.1) is 6.20 Å². The second-order valence-electron chi connectivity index (χ2n) is 3.70. The number of hydrogen-bond donors (Lipinski definition) is 2. The maximum Gasteiger partial charge on any atom is 0.292 e. The molecule has 1 aromatic carbocycles. The number of rotatable bonds is 2. The van der Waals surface area contributed by atoms with Crippen molar-refractivity contribution in [2.45, 2.75) is 6.42 Å². The van der Waals surface area contributed by atoms with Gasteiger partial charge in [-0.05, 0) is 11.6 Å². The summed E-state index contributed by atoms with van der Waals surface area (Å²) in [5, 5.41) is 1.21. The van der Waals surface area contributed by atoms with Crippen LogP contribution in [0.4, 0.5) is 6.01 Å². The van der Waals surface area contributed by atoms with Crippen LogP contribution >= 0.6 is 0 Å². The molecule has 4 heteroatoms. The highest BCUT2D eigenvalue weighted by atomic mass is 16.4. The molecule has 0 aliphatic carbocycles. The summed E-state index contributed by atoms with van der Waals surface area (Å²) in [7, 11) is 0. The van der Waals surface area contributed by atoms with E-state index in [0.717, 1.165) is 11.3 Å². The van der Waals surface area contributed by atoms with Crippen molar-refractivity contribution >= 4 is 16.9 Å². The average Bonchev–Trinajstić information content (AvgIpc) is 2.87. The molecular weight excluding hydrogens is 202 g/mol. The van der Waals surface area contributed by atoms with Crippen LogP contribution in [0.1, 0.15) is 11.3 Å². The quantitative estimate of drug-likeness (QED) is 0.686. The highest BCUT2D eigenvalue weighted by molar-refractivity contribution is 5.83. The zero-order valence-electron chi connectivity index (χ0n) is 8.60. The predicted molar refractivity (Wildman–Crippen MR) is 62.0 cm³/mol. The molecule has 0 radical (unpaired) electrons. The lowest BCUT2D eigenvalue weighted by Gasteiger charge is -1.94. The lowest BCUT2D eigenvalue weighted by Crippen LogP contribution is -1.83. The molecule has 2 heterocycles. The van der Waals surface area contributed by atoms with Crippen LogP contribution in [0.2, 0.25) is 0 Å². The normalized spacial score (nSPS) is 11.0. The Bertz CT molecular complexity index is 624. The van der Waals surface area contributed by atoms with E-state index in [0.29, 0.717) is 6.42 Å². The van der Waals surface area contributed by atoms with Gasteiger partial charge >= 0.3 is 0 Å². The number of nitrogens with zero attached hydrogens (tertiary/aromatic N) is 1. The topological polar surface area (TPSA) is 67.8 Å². The van der Waals surface area contributed by atoms with Gasteiger partial charge in [0, 0.05) is 23.5 Å². The van der Waals surface area contributed by atoms with E-state index >= 15 is 0 Å². The molecule has 3 aromatic rings. The Morgan fingerprint density at radius 3 is 3.00 bits per heavy atom. The van der Waals surface area contributed by atoms with E-state index in [-0.39, 0.29) is 6.01 Å². The second kappa shape index (κ2) is 3.41. The third-order valence-electron chi connectivity index (χ3n) is 2.61. The number of nitrogens with two attached hydrogens (primary N) is 1. The Morgan fingerprint density at radius 1 is 1.31 bits per heavy atom. The van der Waals surface area contributed by atoms with Crippen molar-refractivity contribution in [2.24, 2.45) is 0 Å². The minimum Gasteiger partial charge on any atom is -0.429 e. The van der Waals surface area contributed by atoms with Crippen LogP contribution in [-0.2, 0) is 6.42 Å². The summed E-state index contributed by atoms with van der Waals surface area (Å²) >= 11 is 0. The fourth-order valence-electron chi connectivity index (χ4n) is 1.87. The number of fused-ring (bicyclic) bond motifs is 1. The highest BCUT2D eigenvalue weighted by Crippen LogP contribution is 2.21. The van der Waals surface area contributed by atoms with Crippen LogP contribution < -0.4 is 5.73 Å². The van der Waals surface area contributed by atoms with Crippen LogP contribution in [0.3, 0.4) is 0 Å². The molecule has 0 amide bonds. The van der Waals surface area contributed by atoms with Crippen molar-refractivity contribution in [3.05, 3.63) is 48.0 Å². The fraction of sp³-hybridized carbons (Fsp3) is 0.0833. The summed E-state index contributed by atoms with van der Waals surface area (Å²) in [5.74, 6) is 0.780. The zero-order valence-corrected chi connectivity index (χ0v) is 8.60. The number of benzene rings is 1. The van der Waals surface area contributed by atoms with Crippen LogP contribution in [0.25, 0.3) is 10.9 Å². The lowest BCUT2D eigenvalue weighted by atomic mass is 10.1. The maximum atomic E-state index is 5.43. The first kappa shape index (κ1) is 9.03. The number of nitrogen functional groups attached to an aromatic ring is 1. The van der Waals surface area contributed by atoms with Crippen molar-refractivity contribution < 1.29 is 4.42 Å². The number of nitrogens with one attached hydrogen (secondary N) is 1.